The van der Waals surface area contributed by atoms with E-state index in [9.17, 15) is 18.0 Å². The van der Waals surface area contributed by atoms with E-state index >= 15 is 0 Å². The SMILES string of the molecule is CC1CN(CCCNC(=O)c2ccc(OCC(F)(F)F)nc2)CC(C)O1. The molecule has 1 aliphatic heterocycles. The standard InChI is InChI=1S/C17H24F3N3O3/c1-12-9-23(10-13(2)26-12)7-3-6-21-16(24)14-4-5-15(22-8-14)25-11-17(18,19)20/h4-5,8,12-13H,3,6-7,9-11H2,1-2H3,(H,21,24). The van der Waals surface area contributed by atoms with Crippen LogP contribution in [0.15, 0.2) is 18.3 Å². The maximum atomic E-state index is 12.1. The number of nitrogens with one attached hydrogen (secondary N) is 1. The Labute approximate surface area is 150 Å². The van der Waals surface area contributed by atoms with Gasteiger partial charge in [0.15, 0.2) is 6.61 Å². The molecule has 1 amide bonds. The molecule has 2 atom stereocenters. The van der Waals surface area contributed by atoms with Crippen LogP contribution in [-0.2, 0) is 4.74 Å². The molecule has 1 N–H and O–H groups in total. The summed E-state index contributed by atoms with van der Waals surface area (Å²) in [6.45, 7) is 5.79. The van der Waals surface area contributed by atoms with Crippen LogP contribution in [0.3, 0.4) is 0 Å². The predicted octanol–water partition coefficient (Wildman–Crippen LogP) is 2.25. The number of aromatic nitrogens is 1. The fourth-order valence-electron chi connectivity index (χ4n) is 2.83. The highest BCUT2D eigenvalue weighted by Gasteiger charge is 2.28. The largest absolute Gasteiger partial charge is 0.468 e. The quantitative estimate of drug-likeness (QED) is 0.741. The first kappa shape index (κ1) is 20.4. The number of halogens is 3. The van der Waals surface area contributed by atoms with Gasteiger partial charge in [0.25, 0.3) is 5.91 Å². The van der Waals surface area contributed by atoms with Gasteiger partial charge in [0.05, 0.1) is 17.8 Å². The van der Waals surface area contributed by atoms with Gasteiger partial charge in [0, 0.05) is 38.4 Å². The van der Waals surface area contributed by atoms with Crippen LogP contribution in [-0.4, -0.2) is 67.0 Å². The number of carbonyl (C=O) groups is 1. The van der Waals surface area contributed by atoms with Crippen LogP contribution in [0.4, 0.5) is 13.2 Å². The molecule has 0 radical (unpaired) electrons. The summed E-state index contributed by atoms with van der Waals surface area (Å²) in [4.78, 5) is 18.0. The van der Waals surface area contributed by atoms with Crippen molar-refractivity contribution >= 4 is 5.91 Å². The average molecular weight is 375 g/mol. The van der Waals surface area contributed by atoms with Gasteiger partial charge in [0.2, 0.25) is 5.88 Å². The molecule has 1 aromatic rings. The van der Waals surface area contributed by atoms with Gasteiger partial charge in [-0.3, -0.25) is 9.69 Å². The number of amides is 1. The first-order chi connectivity index (χ1) is 12.2. The average Bonchev–Trinajstić information content (AvgIpc) is 2.56. The van der Waals surface area contributed by atoms with Crippen LogP contribution in [0.1, 0.15) is 30.6 Å². The zero-order valence-electron chi connectivity index (χ0n) is 14.9. The molecule has 2 unspecified atom stereocenters. The van der Waals surface area contributed by atoms with Crippen molar-refractivity contribution in [2.75, 3.05) is 32.8 Å². The fraction of sp³-hybridized carbons (Fsp3) is 0.647. The Morgan fingerprint density at radius 3 is 2.62 bits per heavy atom. The van der Waals surface area contributed by atoms with Gasteiger partial charge >= 0.3 is 6.18 Å². The Hall–Kier alpha value is -1.87. The molecule has 6 nitrogen and oxygen atoms in total. The topological polar surface area (TPSA) is 63.7 Å². The minimum absolute atomic E-state index is 0.172. The van der Waals surface area contributed by atoms with E-state index in [1.807, 2.05) is 13.8 Å². The van der Waals surface area contributed by atoms with E-state index < -0.39 is 12.8 Å². The molecule has 1 fully saturated rings. The van der Waals surface area contributed by atoms with E-state index in [0.717, 1.165) is 26.1 Å². The van der Waals surface area contributed by atoms with Crippen molar-refractivity contribution in [1.82, 2.24) is 15.2 Å². The number of nitrogens with zero attached hydrogens (tertiary/aromatic N) is 2. The summed E-state index contributed by atoms with van der Waals surface area (Å²) in [7, 11) is 0. The van der Waals surface area contributed by atoms with E-state index in [0.29, 0.717) is 6.54 Å². The Balaban J connectivity index is 1.69. The van der Waals surface area contributed by atoms with Crippen LogP contribution in [0.25, 0.3) is 0 Å². The summed E-state index contributed by atoms with van der Waals surface area (Å²) in [5.41, 5.74) is 0.276. The van der Waals surface area contributed by atoms with Crippen molar-refractivity contribution in [3.8, 4) is 5.88 Å². The first-order valence-corrected chi connectivity index (χ1v) is 8.54. The molecule has 0 aromatic carbocycles. The number of ether oxygens (including phenoxy) is 2. The summed E-state index contributed by atoms with van der Waals surface area (Å²) < 4.78 is 46.4. The van der Waals surface area contributed by atoms with Gasteiger partial charge in [0.1, 0.15) is 0 Å². The summed E-state index contributed by atoms with van der Waals surface area (Å²) >= 11 is 0. The lowest BCUT2D eigenvalue weighted by Crippen LogP contribution is -2.46. The lowest BCUT2D eigenvalue weighted by molar-refractivity contribution is -0.154. The van der Waals surface area contributed by atoms with Crippen LogP contribution in [0.5, 0.6) is 5.88 Å². The molecule has 0 aliphatic carbocycles. The molecule has 146 valence electrons. The molecule has 2 rings (SSSR count). The van der Waals surface area contributed by atoms with Gasteiger partial charge in [-0.25, -0.2) is 4.98 Å². The molecule has 1 aliphatic rings. The molecule has 2 heterocycles. The highest BCUT2D eigenvalue weighted by Crippen LogP contribution is 2.17. The maximum Gasteiger partial charge on any atom is 0.422 e. The lowest BCUT2D eigenvalue weighted by Gasteiger charge is -2.35. The second-order valence-electron chi connectivity index (χ2n) is 6.42. The lowest BCUT2D eigenvalue weighted by atomic mass is 10.2. The van der Waals surface area contributed by atoms with E-state index in [4.69, 9.17) is 4.74 Å². The minimum atomic E-state index is -4.42. The fourth-order valence-corrected chi connectivity index (χ4v) is 2.83. The van der Waals surface area contributed by atoms with Gasteiger partial charge in [-0.2, -0.15) is 13.2 Å². The molecule has 0 spiro atoms. The third kappa shape index (κ3) is 7.17. The van der Waals surface area contributed by atoms with Crippen molar-refractivity contribution in [1.29, 1.82) is 0 Å². The minimum Gasteiger partial charge on any atom is -0.468 e. The van der Waals surface area contributed by atoms with Crippen molar-refractivity contribution in [2.24, 2.45) is 0 Å². The first-order valence-electron chi connectivity index (χ1n) is 8.54. The zero-order valence-corrected chi connectivity index (χ0v) is 14.9. The van der Waals surface area contributed by atoms with Crippen LogP contribution >= 0.6 is 0 Å². The number of alkyl halides is 3. The number of pyridine rings is 1. The van der Waals surface area contributed by atoms with Gasteiger partial charge < -0.3 is 14.8 Å². The number of carbonyl (C=O) groups excluding carboxylic acids is 1. The molecule has 1 aromatic heterocycles. The normalized spacial score (nSPS) is 21.4. The molecular weight excluding hydrogens is 351 g/mol. The van der Waals surface area contributed by atoms with Gasteiger partial charge in [-0.05, 0) is 26.3 Å². The summed E-state index contributed by atoms with van der Waals surface area (Å²) in [6.07, 6.45) is -2.01. The highest BCUT2D eigenvalue weighted by atomic mass is 19.4. The monoisotopic (exact) mass is 375 g/mol. The van der Waals surface area contributed by atoms with Crippen LogP contribution in [0.2, 0.25) is 0 Å². The van der Waals surface area contributed by atoms with E-state index in [-0.39, 0.29) is 29.6 Å². The van der Waals surface area contributed by atoms with Crippen molar-refractivity contribution in [3.05, 3.63) is 23.9 Å². The summed E-state index contributed by atoms with van der Waals surface area (Å²) in [5, 5.41) is 2.78. The van der Waals surface area contributed by atoms with Gasteiger partial charge in [-0.1, -0.05) is 0 Å². The Kier molecular flexibility index (Phi) is 7.22. The van der Waals surface area contributed by atoms with Crippen LogP contribution < -0.4 is 10.1 Å². The third-order valence-corrected chi connectivity index (χ3v) is 3.81. The number of hydrogen-bond donors (Lipinski definition) is 1. The molecule has 0 saturated carbocycles. The number of hydrogen-bond acceptors (Lipinski definition) is 5. The van der Waals surface area contributed by atoms with E-state index in [2.05, 4.69) is 19.9 Å². The van der Waals surface area contributed by atoms with E-state index in [1.165, 1.54) is 18.3 Å². The second kappa shape index (κ2) is 9.18. The van der Waals surface area contributed by atoms with Crippen molar-refractivity contribution < 1.29 is 27.4 Å². The Bertz CT molecular complexity index is 571. The molecular formula is C17H24F3N3O3. The van der Waals surface area contributed by atoms with Crippen LogP contribution in [0, 0.1) is 0 Å². The van der Waals surface area contributed by atoms with Crippen molar-refractivity contribution in [2.45, 2.75) is 38.7 Å². The van der Waals surface area contributed by atoms with Crippen molar-refractivity contribution in [3.63, 3.8) is 0 Å². The Morgan fingerprint density at radius 1 is 1.35 bits per heavy atom. The predicted molar refractivity (Wildman–Crippen MR) is 89.2 cm³/mol. The third-order valence-electron chi connectivity index (χ3n) is 3.81. The number of rotatable bonds is 7. The maximum absolute atomic E-state index is 12.1. The highest BCUT2D eigenvalue weighted by molar-refractivity contribution is 5.93. The smallest absolute Gasteiger partial charge is 0.422 e. The van der Waals surface area contributed by atoms with Gasteiger partial charge in [-0.15, -0.1) is 0 Å². The molecule has 26 heavy (non-hydrogen) atoms. The Morgan fingerprint density at radius 2 is 2.04 bits per heavy atom. The zero-order chi connectivity index (χ0) is 19.2. The summed E-state index contributed by atoms with van der Waals surface area (Å²) in [6, 6.07) is 2.64. The molecule has 1 saturated heterocycles. The summed E-state index contributed by atoms with van der Waals surface area (Å²) in [5.74, 6) is -0.488. The molecule has 0 bridgehead atoms. The second-order valence-corrected chi connectivity index (χ2v) is 6.42. The number of morpholine rings is 1. The van der Waals surface area contributed by atoms with E-state index in [1.54, 1.807) is 0 Å². The molecule has 9 heteroatoms.